The number of benzene rings is 1. The van der Waals surface area contributed by atoms with E-state index in [4.69, 9.17) is 34.7 Å². The van der Waals surface area contributed by atoms with E-state index in [1.165, 1.54) is 0 Å². The van der Waals surface area contributed by atoms with Crippen LogP contribution in [0.15, 0.2) is 52.6 Å². The highest BCUT2D eigenvalue weighted by Gasteiger charge is 2.37. The number of nitrogens with zero attached hydrogens (tertiary/aromatic N) is 3. The zero-order valence-electron chi connectivity index (χ0n) is 11.3. The lowest BCUT2D eigenvalue weighted by Crippen LogP contribution is -2.52. The Kier molecular flexibility index (Phi) is 3.64. The van der Waals surface area contributed by atoms with Crippen LogP contribution in [-0.4, -0.2) is 16.9 Å². The zero-order chi connectivity index (χ0) is 15.7. The van der Waals surface area contributed by atoms with Crippen molar-refractivity contribution in [2.24, 2.45) is 21.5 Å². The van der Waals surface area contributed by atoms with Crippen LogP contribution in [-0.2, 0) is 5.66 Å². The molecule has 5 N–H and O–H groups in total. The van der Waals surface area contributed by atoms with Gasteiger partial charge in [0.05, 0.1) is 0 Å². The smallest absolute Gasteiger partial charge is 0.221 e. The summed E-state index contributed by atoms with van der Waals surface area (Å²) in [5.41, 5.74) is 12.1. The van der Waals surface area contributed by atoms with Gasteiger partial charge in [0.2, 0.25) is 5.96 Å². The molecule has 0 fully saturated rings. The average molecular weight is 335 g/mol. The van der Waals surface area contributed by atoms with Crippen LogP contribution in [0.1, 0.15) is 11.1 Å². The number of halogens is 2. The predicted octanol–water partition coefficient (Wildman–Crippen LogP) is 1.82. The summed E-state index contributed by atoms with van der Waals surface area (Å²) >= 11 is 12.1. The first-order valence-corrected chi connectivity index (χ1v) is 7.11. The number of rotatable bonds is 2. The third kappa shape index (κ3) is 2.58. The van der Waals surface area contributed by atoms with Crippen molar-refractivity contribution in [3.05, 3.63) is 63.9 Å². The van der Waals surface area contributed by atoms with E-state index in [2.05, 4.69) is 20.3 Å². The molecule has 6 nitrogen and oxygen atoms in total. The van der Waals surface area contributed by atoms with Gasteiger partial charge in [-0.1, -0.05) is 35.3 Å². The number of hydrogen-bond donors (Lipinski definition) is 3. The van der Waals surface area contributed by atoms with Crippen LogP contribution in [0, 0.1) is 0 Å². The van der Waals surface area contributed by atoms with Crippen molar-refractivity contribution in [2.45, 2.75) is 5.66 Å². The molecular weight excluding hydrogens is 323 g/mol. The Morgan fingerprint density at radius 2 is 1.82 bits per heavy atom. The molecular formula is C14H12Cl2N6. The average Bonchev–Trinajstić information content (AvgIpc) is 2.46. The lowest BCUT2D eigenvalue weighted by molar-refractivity contribution is 0.492. The molecule has 1 aliphatic rings. The van der Waals surface area contributed by atoms with E-state index < -0.39 is 5.66 Å². The standard InChI is InChI=1S/C14H12Cl2N6/c15-10-3-1-2-8(6-10)14(9-4-5-19-11(16)7-9)21-12(17)20-13(18)22-14/h1-7H,(H5,17,18,20,21,22). The second-order valence-corrected chi connectivity index (χ2v) is 5.50. The summed E-state index contributed by atoms with van der Waals surface area (Å²) in [5.74, 6) is 0.213. The van der Waals surface area contributed by atoms with Gasteiger partial charge in [-0.05, 0) is 24.3 Å². The monoisotopic (exact) mass is 334 g/mol. The molecule has 1 atom stereocenters. The summed E-state index contributed by atoms with van der Waals surface area (Å²) < 4.78 is 0. The van der Waals surface area contributed by atoms with Crippen LogP contribution in [0.5, 0.6) is 0 Å². The Hall–Kier alpha value is -2.31. The quantitative estimate of drug-likeness (QED) is 0.729. The Morgan fingerprint density at radius 3 is 2.50 bits per heavy atom. The molecule has 3 rings (SSSR count). The fraction of sp³-hybridized carbons (Fsp3) is 0.0714. The third-order valence-electron chi connectivity index (χ3n) is 3.21. The van der Waals surface area contributed by atoms with Crippen molar-refractivity contribution in [2.75, 3.05) is 0 Å². The highest BCUT2D eigenvalue weighted by atomic mass is 35.5. The number of hydrogen-bond acceptors (Lipinski definition) is 6. The van der Waals surface area contributed by atoms with Gasteiger partial charge in [-0.25, -0.2) is 9.98 Å². The molecule has 0 amide bonds. The second kappa shape index (κ2) is 5.47. The van der Waals surface area contributed by atoms with Crippen molar-refractivity contribution in [1.29, 1.82) is 0 Å². The summed E-state index contributed by atoms with van der Waals surface area (Å²) in [6, 6.07) is 10.7. The summed E-state index contributed by atoms with van der Waals surface area (Å²) in [5, 5.41) is 3.96. The van der Waals surface area contributed by atoms with E-state index >= 15 is 0 Å². The molecule has 0 saturated carbocycles. The lowest BCUT2D eigenvalue weighted by Gasteiger charge is -2.34. The minimum Gasteiger partial charge on any atom is -0.370 e. The number of aromatic nitrogens is 1. The Labute approximate surface area is 136 Å². The highest BCUT2D eigenvalue weighted by molar-refractivity contribution is 6.30. The molecule has 0 spiro atoms. The number of aliphatic imine (C=N–C) groups is 2. The molecule has 22 heavy (non-hydrogen) atoms. The molecule has 1 aromatic carbocycles. The van der Waals surface area contributed by atoms with Gasteiger partial charge >= 0.3 is 0 Å². The van der Waals surface area contributed by atoms with E-state index in [1.807, 2.05) is 12.1 Å². The van der Waals surface area contributed by atoms with Crippen LogP contribution < -0.4 is 16.8 Å². The molecule has 0 bridgehead atoms. The molecule has 1 aromatic heterocycles. The predicted molar refractivity (Wildman–Crippen MR) is 87.9 cm³/mol. The molecule has 112 valence electrons. The molecule has 1 unspecified atom stereocenters. The summed E-state index contributed by atoms with van der Waals surface area (Å²) in [6.45, 7) is 0. The minimum atomic E-state index is -1.06. The molecule has 0 aliphatic carbocycles. The topological polar surface area (TPSA) is 102 Å². The van der Waals surface area contributed by atoms with Crippen LogP contribution >= 0.6 is 23.2 Å². The first-order valence-electron chi connectivity index (χ1n) is 6.35. The van der Waals surface area contributed by atoms with E-state index in [1.54, 1.807) is 30.5 Å². The maximum Gasteiger partial charge on any atom is 0.221 e. The van der Waals surface area contributed by atoms with Crippen LogP contribution in [0.25, 0.3) is 0 Å². The van der Waals surface area contributed by atoms with Gasteiger partial charge in [-0.3, -0.25) is 0 Å². The van der Waals surface area contributed by atoms with Crippen molar-refractivity contribution in [3.63, 3.8) is 0 Å². The Balaban J connectivity index is 2.26. The molecule has 0 radical (unpaired) electrons. The molecule has 0 saturated heterocycles. The third-order valence-corrected chi connectivity index (χ3v) is 3.65. The molecule has 1 aliphatic heterocycles. The largest absolute Gasteiger partial charge is 0.370 e. The zero-order valence-corrected chi connectivity index (χ0v) is 12.8. The van der Waals surface area contributed by atoms with Gasteiger partial charge in [0.25, 0.3) is 0 Å². The summed E-state index contributed by atoms with van der Waals surface area (Å²) in [4.78, 5) is 12.3. The van der Waals surface area contributed by atoms with Crippen LogP contribution in [0.3, 0.4) is 0 Å². The maximum atomic E-state index is 6.11. The van der Waals surface area contributed by atoms with Gasteiger partial charge in [0, 0.05) is 22.3 Å². The van der Waals surface area contributed by atoms with E-state index in [9.17, 15) is 0 Å². The van der Waals surface area contributed by atoms with Crippen molar-refractivity contribution < 1.29 is 0 Å². The fourth-order valence-corrected chi connectivity index (χ4v) is 2.71. The molecule has 8 heteroatoms. The van der Waals surface area contributed by atoms with Gasteiger partial charge in [-0.15, -0.1) is 0 Å². The molecule has 2 heterocycles. The first-order chi connectivity index (χ1) is 10.5. The van der Waals surface area contributed by atoms with Crippen molar-refractivity contribution in [1.82, 2.24) is 10.3 Å². The fourth-order valence-electron chi connectivity index (χ4n) is 2.34. The Bertz CT molecular complexity index is 741. The van der Waals surface area contributed by atoms with E-state index in [-0.39, 0.29) is 11.9 Å². The normalized spacial score (nSPS) is 20.8. The van der Waals surface area contributed by atoms with Crippen molar-refractivity contribution >= 4 is 35.1 Å². The number of guanidine groups is 2. The second-order valence-electron chi connectivity index (χ2n) is 4.68. The van der Waals surface area contributed by atoms with Crippen LogP contribution in [0.4, 0.5) is 0 Å². The van der Waals surface area contributed by atoms with Gasteiger partial charge in [0.1, 0.15) is 5.15 Å². The summed E-state index contributed by atoms with van der Waals surface area (Å²) in [6.07, 6.45) is 1.58. The number of nitrogens with two attached hydrogens (primary N) is 2. The number of pyridine rings is 1. The number of nitrogens with one attached hydrogen (secondary N) is 1. The molecule has 2 aromatic rings. The van der Waals surface area contributed by atoms with E-state index in [0.717, 1.165) is 11.1 Å². The van der Waals surface area contributed by atoms with Crippen LogP contribution in [0.2, 0.25) is 10.2 Å². The van der Waals surface area contributed by atoms with Gasteiger partial charge in [0.15, 0.2) is 11.6 Å². The minimum absolute atomic E-state index is 0.0594. The van der Waals surface area contributed by atoms with Gasteiger partial charge in [-0.2, -0.15) is 4.99 Å². The van der Waals surface area contributed by atoms with E-state index in [0.29, 0.717) is 10.2 Å². The van der Waals surface area contributed by atoms with Crippen molar-refractivity contribution in [3.8, 4) is 0 Å². The maximum absolute atomic E-state index is 6.11. The highest BCUT2D eigenvalue weighted by Crippen LogP contribution is 2.34. The Morgan fingerprint density at radius 1 is 1.05 bits per heavy atom. The van der Waals surface area contributed by atoms with Gasteiger partial charge < -0.3 is 16.8 Å². The SMILES string of the molecule is NC1=NC(c2cccc(Cl)c2)(c2ccnc(Cl)c2)NC(N)=N1. The summed E-state index contributed by atoms with van der Waals surface area (Å²) in [7, 11) is 0. The first kappa shape index (κ1) is 14.6. The lowest BCUT2D eigenvalue weighted by atomic mass is 9.92.